The molecule has 1 aromatic rings. The predicted octanol–water partition coefficient (Wildman–Crippen LogP) is 4.07. The van der Waals surface area contributed by atoms with Crippen LogP contribution in [-0.2, 0) is 9.53 Å². The number of carbonyl (C=O) groups is 1. The molecule has 1 aromatic carbocycles. The molecule has 2 aliphatic heterocycles. The highest BCUT2D eigenvalue weighted by Crippen LogP contribution is 2.34. The summed E-state index contributed by atoms with van der Waals surface area (Å²) in [5.41, 5.74) is 1.13. The lowest BCUT2D eigenvalue weighted by atomic mass is 9.88. The molecule has 3 fully saturated rings. The number of likely N-dealkylation sites (tertiary alicyclic amines) is 1. The van der Waals surface area contributed by atoms with Crippen molar-refractivity contribution in [3.63, 3.8) is 0 Å². The smallest absolute Gasteiger partial charge is 0.226 e. The lowest BCUT2D eigenvalue weighted by Gasteiger charge is -2.41. The highest BCUT2D eigenvalue weighted by molar-refractivity contribution is 5.80. The van der Waals surface area contributed by atoms with Gasteiger partial charge in [-0.05, 0) is 50.6 Å². The molecule has 0 spiro atoms. The highest BCUT2D eigenvalue weighted by Gasteiger charge is 2.35. The number of amides is 1. The Kier molecular flexibility index (Phi) is 6.46. The van der Waals surface area contributed by atoms with Crippen molar-refractivity contribution in [1.82, 2.24) is 10.2 Å². The lowest BCUT2D eigenvalue weighted by molar-refractivity contribution is -0.136. The van der Waals surface area contributed by atoms with E-state index < -0.39 is 0 Å². The van der Waals surface area contributed by atoms with Crippen LogP contribution in [0, 0.1) is 5.92 Å². The molecule has 3 atom stereocenters. The minimum Gasteiger partial charge on any atom is -0.373 e. The van der Waals surface area contributed by atoms with Gasteiger partial charge in [-0.3, -0.25) is 9.69 Å². The van der Waals surface area contributed by atoms with E-state index in [-0.39, 0.29) is 17.9 Å². The monoisotopic (exact) mass is 370 g/mol. The van der Waals surface area contributed by atoms with E-state index in [2.05, 4.69) is 22.3 Å². The Morgan fingerprint density at radius 3 is 2.59 bits per heavy atom. The summed E-state index contributed by atoms with van der Waals surface area (Å²) in [6.45, 7) is 2.98. The van der Waals surface area contributed by atoms with E-state index in [0.717, 1.165) is 44.0 Å². The molecule has 3 unspecified atom stereocenters. The molecule has 4 nitrogen and oxygen atoms in total. The van der Waals surface area contributed by atoms with E-state index in [1.54, 1.807) is 0 Å². The number of hydrogen-bond acceptors (Lipinski definition) is 3. The summed E-state index contributed by atoms with van der Waals surface area (Å²) in [5.74, 6) is 0.130. The second kappa shape index (κ2) is 9.20. The minimum atomic E-state index is -0.0991. The van der Waals surface area contributed by atoms with Crippen LogP contribution in [0.25, 0.3) is 0 Å². The first-order valence-electron chi connectivity index (χ1n) is 11.0. The largest absolute Gasteiger partial charge is 0.373 e. The van der Waals surface area contributed by atoms with Gasteiger partial charge in [-0.15, -0.1) is 0 Å². The molecule has 0 aromatic heterocycles. The van der Waals surface area contributed by atoms with Crippen LogP contribution in [0.1, 0.15) is 69.5 Å². The lowest BCUT2D eigenvalue weighted by Crippen LogP contribution is -2.53. The molecular formula is C23H34N2O2. The fourth-order valence-electron chi connectivity index (χ4n) is 5.23. The quantitative estimate of drug-likeness (QED) is 0.869. The number of nitrogens with one attached hydrogen (secondary N) is 1. The molecule has 0 radical (unpaired) electrons. The zero-order valence-electron chi connectivity index (χ0n) is 16.4. The molecule has 1 aliphatic carbocycles. The first-order valence-corrected chi connectivity index (χ1v) is 11.0. The minimum absolute atomic E-state index is 0.0637. The summed E-state index contributed by atoms with van der Waals surface area (Å²) in [7, 11) is 0. The van der Waals surface area contributed by atoms with Gasteiger partial charge in [0, 0.05) is 25.2 Å². The van der Waals surface area contributed by atoms with Crippen LogP contribution in [0.2, 0.25) is 0 Å². The molecule has 1 saturated carbocycles. The molecule has 1 N–H and O–H groups in total. The molecular weight excluding hydrogens is 336 g/mol. The summed E-state index contributed by atoms with van der Waals surface area (Å²) >= 11 is 0. The molecule has 2 saturated heterocycles. The second-order valence-electron chi connectivity index (χ2n) is 8.59. The van der Waals surface area contributed by atoms with Gasteiger partial charge in [0.25, 0.3) is 0 Å². The SMILES string of the molecule is O=C(NC1CCCN(C2CCCCC2)C1)C1CCCOC1c1ccccc1. The van der Waals surface area contributed by atoms with Crippen molar-refractivity contribution in [2.24, 2.45) is 5.92 Å². The number of rotatable bonds is 4. The van der Waals surface area contributed by atoms with E-state index in [1.807, 2.05) is 18.2 Å². The third-order valence-electron chi connectivity index (χ3n) is 6.68. The summed E-state index contributed by atoms with van der Waals surface area (Å²) in [4.78, 5) is 15.8. The number of ether oxygens (including phenoxy) is 1. The van der Waals surface area contributed by atoms with Crippen molar-refractivity contribution in [3.8, 4) is 0 Å². The third-order valence-corrected chi connectivity index (χ3v) is 6.68. The second-order valence-corrected chi connectivity index (χ2v) is 8.59. The third kappa shape index (κ3) is 4.72. The molecule has 4 rings (SSSR count). The van der Waals surface area contributed by atoms with Crippen LogP contribution in [0.5, 0.6) is 0 Å². The van der Waals surface area contributed by atoms with Crippen LogP contribution < -0.4 is 5.32 Å². The summed E-state index contributed by atoms with van der Waals surface area (Å²) in [5, 5.41) is 3.40. The van der Waals surface area contributed by atoms with Crippen LogP contribution in [0.15, 0.2) is 30.3 Å². The Morgan fingerprint density at radius 1 is 0.963 bits per heavy atom. The average Bonchev–Trinajstić information content (AvgIpc) is 2.75. The number of hydrogen-bond donors (Lipinski definition) is 1. The Hall–Kier alpha value is -1.39. The highest BCUT2D eigenvalue weighted by atomic mass is 16.5. The average molecular weight is 371 g/mol. The van der Waals surface area contributed by atoms with E-state index in [4.69, 9.17) is 4.74 Å². The molecule has 2 heterocycles. The summed E-state index contributed by atoms with van der Waals surface area (Å²) in [6.07, 6.45) is 10.9. The van der Waals surface area contributed by atoms with Crippen molar-refractivity contribution < 1.29 is 9.53 Å². The van der Waals surface area contributed by atoms with Crippen LogP contribution in [0.4, 0.5) is 0 Å². The van der Waals surface area contributed by atoms with Crippen molar-refractivity contribution in [3.05, 3.63) is 35.9 Å². The summed E-state index contributed by atoms with van der Waals surface area (Å²) < 4.78 is 6.03. The number of carbonyl (C=O) groups excluding carboxylic acids is 1. The van der Waals surface area contributed by atoms with Gasteiger partial charge < -0.3 is 10.1 Å². The fraction of sp³-hybridized carbons (Fsp3) is 0.696. The molecule has 148 valence electrons. The van der Waals surface area contributed by atoms with Gasteiger partial charge in [0.1, 0.15) is 0 Å². The van der Waals surface area contributed by atoms with Gasteiger partial charge >= 0.3 is 0 Å². The Balaban J connectivity index is 1.37. The number of nitrogens with zero attached hydrogens (tertiary/aromatic N) is 1. The fourth-order valence-corrected chi connectivity index (χ4v) is 5.23. The topological polar surface area (TPSA) is 41.6 Å². The first kappa shape index (κ1) is 18.9. The summed E-state index contributed by atoms with van der Waals surface area (Å²) in [6, 6.07) is 11.3. The van der Waals surface area contributed by atoms with Crippen LogP contribution in [0.3, 0.4) is 0 Å². The van der Waals surface area contributed by atoms with Gasteiger partial charge in [0.15, 0.2) is 0 Å². The Morgan fingerprint density at radius 2 is 1.78 bits per heavy atom. The Bertz CT molecular complexity index is 600. The number of piperidine rings is 1. The van der Waals surface area contributed by atoms with E-state index in [1.165, 1.54) is 45.1 Å². The van der Waals surface area contributed by atoms with Gasteiger partial charge in [0.05, 0.1) is 12.0 Å². The molecule has 1 amide bonds. The van der Waals surface area contributed by atoms with E-state index in [9.17, 15) is 4.79 Å². The molecule has 27 heavy (non-hydrogen) atoms. The molecule has 0 bridgehead atoms. The van der Waals surface area contributed by atoms with Gasteiger partial charge in [-0.25, -0.2) is 0 Å². The van der Waals surface area contributed by atoms with Crippen molar-refractivity contribution in [2.75, 3.05) is 19.7 Å². The number of benzene rings is 1. The predicted molar refractivity (Wildman–Crippen MR) is 107 cm³/mol. The van der Waals surface area contributed by atoms with E-state index >= 15 is 0 Å². The molecule has 4 heteroatoms. The molecule has 3 aliphatic rings. The maximum atomic E-state index is 13.1. The van der Waals surface area contributed by atoms with Crippen LogP contribution in [-0.4, -0.2) is 42.6 Å². The van der Waals surface area contributed by atoms with Crippen molar-refractivity contribution >= 4 is 5.91 Å². The van der Waals surface area contributed by atoms with Crippen molar-refractivity contribution in [2.45, 2.75) is 76.0 Å². The van der Waals surface area contributed by atoms with Gasteiger partial charge in [-0.2, -0.15) is 0 Å². The van der Waals surface area contributed by atoms with Crippen molar-refractivity contribution in [1.29, 1.82) is 0 Å². The Labute approximate surface area is 163 Å². The van der Waals surface area contributed by atoms with Crippen LogP contribution >= 0.6 is 0 Å². The first-order chi connectivity index (χ1) is 13.3. The van der Waals surface area contributed by atoms with Gasteiger partial charge in [-0.1, -0.05) is 49.6 Å². The standard InChI is InChI=1S/C23H34N2O2/c26-23(21-14-8-16-27-22(21)18-9-3-1-4-10-18)24-19-11-7-15-25(17-19)20-12-5-2-6-13-20/h1,3-4,9-10,19-22H,2,5-8,11-17H2,(H,24,26). The maximum absolute atomic E-state index is 13.1. The van der Waals surface area contributed by atoms with Gasteiger partial charge in [0.2, 0.25) is 5.91 Å². The zero-order chi connectivity index (χ0) is 18.5. The zero-order valence-corrected chi connectivity index (χ0v) is 16.4. The normalized spacial score (nSPS) is 30.7. The maximum Gasteiger partial charge on any atom is 0.226 e. The van der Waals surface area contributed by atoms with E-state index in [0.29, 0.717) is 6.04 Å².